The van der Waals surface area contributed by atoms with E-state index < -0.39 is 28.6 Å². The van der Waals surface area contributed by atoms with Gasteiger partial charge in [0.1, 0.15) is 29.6 Å². The molecule has 0 amide bonds. The average molecular weight is 507 g/mol. The highest BCUT2D eigenvalue weighted by molar-refractivity contribution is 5.94. The Morgan fingerprint density at radius 2 is 1.97 bits per heavy atom. The van der Waals surface area contributed by atoms with Crippen LogP contribution in [0.15, 0.2) is 65.7 Å². The number of hydrogen-bond acceptors (Lipinski definition) is 6. The van der Waals surface area contributed by atoms with Crippen molar-refractivity contribution in [3.8, 4) is 17.3 Å². The van der Waals surface area contributed by atoms with E-state index >= 15 is 4.39 Å². The van der Waals surface area contributed by atoms with Crippen LogP contribution < -0.4 is 19.8 Å². The topological polar surface area (TPSA) is 93.9 Å². The summed E-state index contributed by atoms with van der Waals surface area (Å²) in [6.07, 6.45) is 4.22. The van der Waals surface area contributed by atoms with E-state index in [0.29, 0.717) is 18.2 Å². The van der Waals surface area contributed by atoms with E-state index in [1.807, 2.05) is 4.90 Å². The van der Waals surface area contributed by atoms with E-state index in [1.54, 1.807) is 24.4 Å². The standard InChI is InChI=1S/C27H23F2N3O5/c1-36-17-7-8-20(28)23(11-17)32-14-19(27(34)35)26(33)18-12-21(29)24(13-22(18)32)31-10-4-5-16(31)15-37-25-6-2-3-9-30-25/h2-3,6-9,11-14,16H,4-5,10,15H2,1H3,(H,34,35)/t16-/m1/s1. The second kappa shape index (κ2) is 9.88. The number of fused-ring (bicyclic) bond motifs is 1. The lowest BCUT2D eigenvalue weighted by molar-refractivity contribution is 0.0695. The summed E-state index contributed by atoms with van der Waals surface area (Å²) < 4.78 is 42.7. The second-order valence-electron chi connectivity index (χ2n) is 8.65. The molecule has 10 heteroatoms. The fourth-order valence-electron chi connectivity index (χ4n) is 4.65. The summed E-state index contributed by atoms with van der Waals surface area (Å²) in [5.41, 5.74) is -1.14. The molecule has 0 unspecified atom stereocenters. The molecule has 3 heterocycles. The molecule has 1 atom stereocenters. The van der Waals surface area contributed by atoms with Gasteiger partial charge in [0.25, 0.3) is 0 Å². The van der Waals surface area contributed by atoms with E-state index in [2.05, 4.69) is 4.98 Å². The Kier molecular flexibility index (Phi) is 6.47. The van der Waals surface area contributed by atoms with Gasteiger partial charge in [-0.1, -0.05) is 6.07 Å². The van der Waals surface area contributed by atoms with Crippen molar-refractivity contribution in [2.45, 2.75) is 18.9 Å². The van der Waals surface area contributed by atoms with E-state index in [-0.39, 0.29) is 34.9 Å². The van der Waals surface area contributed by atoms with Crippen molar-refractivity contribution in [1.82, 2.24) is 9.55 Å². The Morgan fingerprint density at radius 3 is 2.70 bits per heavy atom. The molecule has 5 rings (SSSR count). The van der Waals surface area contributed by atoms with Crippen molar-refractivity contribution >= 4 is 22.6 Å². The van der Waals surface area contributed by atoms with E-state index in [1.165, 1.54) is 35.9 Å². The fraction of sp³-hybridized carbons (Fsp3) is 0.222. The maximum Gasteiger partial charge on any atom is 0.341 e. The van der Waals surface area contributed by atoms with Crippen LogP contribution in [0.4, 0.5) is 14.5 Å². The van der Waals surface area contributed by atoms with Gasteiger partial charge in [-0.3, -0.25) is 4.79 Å². The van der Waals surface area contributed by atoms with E-state index in [0.717, 1.165) is 25.1 Å². The molecule has 0 aliphatic carbocycles. The SMILES string of the molecule is COc1ccc(F)c(-n2cc(C(=O)O)c(=O)c3cc(F)c(N4CCC[C@@H]4COc4ccccn4)cc32)c1. The number of halogens is 2. The van der Waals surface area contributed by atoms with Crippen molar-refractivity contribution in [3.05, 3.63) is 88.3 Å². The van der Waals surface area contributed by atoms with E-state index in [9.17, 15) is 19.1 Å². The lowest BCUT2D eigenvalue weighted by Crippen LogP contribution is -2.35. The molecule has 0 spiro atoms. The molecule has 2 aromatic carbocycles. The normalized spacial score (nSPS) is 15.2. The van der Waals surface area contributed by atoms with Crippen molar-refractivity contribution in [3.63, 3.8) is 0 Å². The summed E-state index contributed by atoms with van der Waals surface area (Å²) >= 11 is 0. The molecule has 190 valence electrons. The van der Waals surface area contributed by atoms with Gasteiger partial charge >= 0.3 is 5.97 Å². The molecular formula is C27H23F2N3O5. The number of hydrogen-bond donors (Lipinski definition) is 1. The number of nitrogens with zero attached hydrogens (tertiary/aromatic N) is 3. The Balaban J connectivity index is 1.64. The predicted molar refractivity (Wildman–Crippen MR) is 133 cm³/mol. The zero-order valence-corrected chi connectivity index (χ0v) is 19.9. The van der Waals surface area contributed by atoms with Crippen LogP contribution in [0, 0.1) is 11.6 Å². The Morgan fingerprint density at radius 1 is 1.14 bits per heavy atom. The number of ether oxygens (including phenoxy) is 2. The summed E-state index contributed by atoms with van der Waals surface area (Å²) in [5.74, 6) is -2.07. The third-order valence-electron chi connectivity index (χ3n) is 6.46. The minimum absolute atomic E-state index is 0.0409. The van der Waals surface area contributed by atoms with Gasteiger partial charge in [0.2, 0.25) is 11.3 Å². The number of methoxy groups -OCH3 is 1. The molecule has 0 saturated carbocycles. The lowest BCUT2D eigenvalue weighted by Gasteiger charge is -2.27. The maximum atomic E-state index is 15.5. The summed E-state index contributed by atoms with van der Waals surface area (Å²) in [6, 6.07) is 11.6. The van der Waals surface area contributed by atoms with Crippen LogP contribution in [0.2, 0.25) is 0 Å². The van der Waals surface area contributed by atoms with Gasteiger partial charge in [0.15, 0.2) is 0 Å². The first-order valence-corrected chi connectivity index (χ1v) is 11.6. The van der Waals surface area contributed by atoms with Gasteiger partial charge in [0, 0.05) is 36.5 Å². The molecule has 0 bridgehead atoms. The first-order chi connectivity index (χ1) is 17.9. The highest BCUT2D eigenvalue weighted by Crippen LogP contribution is 2.33. The smallest absolute Gasteiger partial charge is 0.341 e. The van der Waals surface area contributed by atoms with Crippen molar-refractivity contribution in [1.29, 1.82) is 0 Å². The van der Waals surface area contributed by atoms with Gasteiger partial charge in [-0.15, -0.1) is 0 Å². The van der Waals surface area contributed by atoms with Gasteiger partial charge in [-0.25, -0.2) is 18.6 Å². The number of anilines is 1. The molecule has 0 radical (unpaired) electrons. The van der Waals surface area contributed by atoms with Gasteiger partial charge in [-0.2, -0.15) is 0 Å². The Hall–Kier alpha value is -4.47. The minimum atomic E-state index is -1.50. The van der Waals surface area contributed by atoms with Crippen LogP contribution >= 0.6 is 0 Å². The van der Waals surface area contributed by atoms with Gasteiger partial charge < -0.3 is 24.0 Å². The highest BCUT2D eigenvalue weighted by Gasteiger charge is 2.29. The predicted octanol–water partition coefficient (Wildman–Crippen LogP) is 4.42. The van der Waals surface area contributed by atoms with E-state index in [4.69, 9.17) is 9.47 Å². The third kappa shape index (κ3) is 4.57. The zero-order valence-electron chi connectivity index (χ0n) is 19.9. The molecule has 1 aliphatic heterocycles. The number of rotatable bonds is 7. The van der Waals surface area contributed by atoms with Crippen LogP contribution in [0.1, 0.15) is 23.2 Å². The molecule has 1 saturated heterocycles. The van der Waals surface area contributed by atoms with Crippen molar-refractivity contribution < 1.29 is 28.2 Å². The summed E-state index contributed by atoms with van der Waals surface area (Å²) in [4.78, 5) is 30.7. The number of aromatic carboxylic acids is 1. The molecule has 2 aromatic heterocycles. The molecule has 4 aromatic rings. The average Bonchev–Trinajstić information content (AvgIpc) is 3.37. The molecule has 8 nitrogen and oxygen atoms in total. The van der Waals surface area contributed by atoms with Crippen LogP contribution in [0.25, 0.3) is 16.6 Å². The maximum absolute atomic E-state index is 15.5. The van der Waals surface area contributed by atoms with Crippen LogP contribution in [-0.2, 0) is 0 Å². The molecule has 1 aliphatic rings. The second-order valence-corrected chi connectivity index (χ2v) is 8.65. The monoisotopic (exact) mass is 507 g/mol. The number of carbonyl (C=O) groups is 1. The van der Waals surface area contributed by atoms with Crippen LogP contribution in [0.5, 0.6) is 11.6 Å². The highest BCUT2D eigenvalue weighted by atomic mass is 19.1. The molecule has 37 heavy (non-hydrogen) atoms. The quantitative estimate of drug-likeness (QED) is 0.396. The summed E-state index contributed by atoms with van der Waals surface area (Å²) in [5, 5.41) is 9.42. The molecular weight excluding hydrogens is 484 g/mol. The van der Waals surface area contributed by atoms with Crippen LogP contribution in [0.3, 0.4) is 0 Å². The Bertz CT molecular complexity index is 1540. The summed E-state index contributed by atoms with van der Waals surface area (Å²) in [6.45, 7) is 0.813. The largest absolute Gasteiger partial charge is 0.497 e. The minimum Gasteiger partial charge on any atom is -0.497 e. The first kappa shape index (κ1) is 24.2. The number of aromatic nitrogens is 2. The number of benzene rings is 2. The fourth-order valence-corrected chi connectivity index (χ4v) is 4.65. The van der Waals surface area contributed by atoms with Crippen molar-refractivity contribution in [2.24, 2.45) is 0 Å². The van der Waals surface area contributed by atoms with Gasteiger partial charge in [-0.05, 0) is 43.2 Å². The van der Waals surface area contributed by atoms with Crippen LogP contribution in [-0.4, -0.2) is 46.9 Å². The molecule has 1 N–H and O–H groups in total. The molecule has 1 fully saturated rings. The lowest BCUT2D eigenvalue weighted by atomic mass is 10.1. The number of carboxylic acids is 1. The van der Waals surface area contributed by atoms with Gasteiger partial charge in [0.05, 0.1) is 30.0 Å². The first-order valence-electron chi connectivity index (χ1n) is 11.6. The third-order valence-corrected chi connectivity index (χ3v) is 6.46. The zero-order chi connectivity index (χ0) is 26.1. The number of carboxylic acid groups (broad SMARTS) is 1. The summed E-state index contributed by atoms with van der Waals surface area (Å²) in [7, 11) is 1.41. The number of pyridine rings is 2. The van der Waals surface area contributed by atoms with Crippen molar-refractivity contribution in [2.75, 3.05) is 25.2 Å². The Labute approximate surface area is 210 Å².